The second-order valence-corrected chi connectivity index (χ2v) is 9.83. The number of methoxy groups -OCH3 is 1. The average molecular weight is 498 g/mol. The Hall–Kier alpha value is -3.01. The van der Waals surface area contributed by atoms with Crippen LogP contribution in [0, 0.1) is 0 Å². The lowest BCUT2D eigenvalue weighted by atomic mass is 10.1. The van der Waals surface area contributed by atoms with Gasteiger partial charge in [-0.2, -0.15) is 0 Å². The van der Waals surface area contributed by atoms with E-state index in [9.17, 15) is 9.59 Å². The highest BCUT2D eigenvalue weighted by atomic mass is 35.5. The number of thiazole rings is 1. The number of ether oxygens (including phenoxy) is 1. The molecule has 10 heteroatoms. The van der Waals surface area contributed by atoms with Gasteiger partial charge in [0.1, 0.15) is 0 Å². The molecule has 1 aliphatic heterocycles. The molecule has 2 aromatic heterocycles. The fourth-order valence-electron chi connectivity index (χ4n) is 4.20. The molecule has 2 aromatic carbocycles. The lowest BCUT2D eigenvalue weighted by Crippen LogP contribution is -2.30. The van der Waals surface area contributed by atoms with E-state index in [1.54, 1.807) is 24.1 Å². The number of imidazole rings is 1. The molecule has 1 amide bonds. The van der Waals surface area contributed by atoms with Crippen LogP contribution in [0.25, 0.3) is 21.3 Å². The zero-order valence-electron chi connectivity index (χ0n) is 18.9. The van der Waals surface area contributed by atoms with Crippen molar-refractivity contribution in [3.63, 3.8) is 0 Å². The Labute approximate surface area is 205 Å². The highest BCUT2D eigenvalue weighted by molar-refractivity contribution is 7.22. The Balaban J connectivity index is 1.28. The van der Waals surface area contributed by atoms with E-state index in [1.807, 2.05) is 35.9 Å². The molecule has 0 aliphatic carbocycles. The molecule has 0 unspecified atom stereocenters. The molecule has 176 valence electrons. The molecule has 1 atom stereocenters. The van der Waals surface area contributed by atoms with Crippen LogP contribution in [0.2, 0.25) is 5.02 Å². The number of benzene rings is 2. The van der Waals surface area contributed by atoms with Crippen molar-refractivity contribution in [3.05, 3.63) is 47.0 Å². The number of carbonyl (C=O) groups excluding carboxylic acids is 2. The van der Waals surface area contributed by atoms with Crippen molar-refractivity contribution in [1.29, 1.82) is 0 Å². The first-order valence-corrected chi connectivity index (χ1v) is 12.2. The van der Waals surface area contributed by atoms with Gasteiger partial charge in [-0.1, -0.05) is 22.9 Å². The van der Waals surface area contributed by atoms with E-state index in [2.05, 4.69) is 15.3 Å². The van der Waals surface area contributed by atoms with Crippen LogP contribution < -0.4 is 5.32 Å². The van der Waals surface area contributed by atoms with Gasteiger partial charge in [-0.25, -0.2) is 9.97 Å². The second kappa shape index (κ2) is 9.32. The first-order chi connectivity index (χ1) is 16.4. The van der Waals surface area contributed by atoms with Crippen LogP contribution in [0.1, 0.15) is 29.6 Å². The van der Waals surface area contributed by atoms with Crippen LogP contribution in [0.4, 0.5) is 11.1 Å². The SMILES string of the molecule is CO[C@@H]1CCN(C(=O)CCC(=O)c2ccc3c(c2)nc(Nc2nc4ccc(Cl)cc4s2)n3C)C1. The smallest absolute Gasteiger partial charge is 0.223 e. The molecule has 0 bridgehead atoms. The lowest BCUT2D eigenvalue weighted by Gasteiger charge is -2.15. The van der Waals surface area contributed by atoms with Gasteiger partial charge in [-0.3, -0.25) is 9.59 Å². The summed E-state index contributed by atoms with van der Waals surface area (Å²) in [5.74, 6) is 0.554. The third-order valence-electron chi connectivity index (χ3n) is 6.17. The average Bonchev–Trinajstić information content (AvgIpc) is 3.54. The number of nitrogens with one attached hydrogen (secondary N) is 1. The predicted octanol–water partition coefficient (Wildman–Crippen LogP) is 4.79. The topological polar surface area (TPSA) is 89.3 Å². The van der Waals surface area contributed by atoms with Crippen molar-refractivity contribution in [2.24, 2.45) is 7.05 Å². The predicted molar refractivity (Wildman–Crippen MR) is 134 cm³/mol. The number of ketones is 1. The first-order valence-electron chi connectivity index (χ1n) is 11.0. The summed E-state index contributed by atoms with van der Waals surface area (Å²) < 4.78 is 8.22. The molecule has 3 heterocycles. The fraction of sp³-hybridized carbons (Fsp3) is 0.333. The monoisotopic (exact) mass is 497 g/mol. The molecule has 1 saturated heterocycles. The van der Waals surface area contributed by atoms with Crippen molar-refractivity contribution < 1.29 is 14.3 Å². The first kappa shape index (κ1) is 22.8. The third kappa shape index (κ3) is 4.51. The molecule has 1 aliphatic rings. The molecule has 0 radical (unpaired) electrons. The Morgan fingerprint density at radius 3 is 2.82 bits per heavy atom. The highest BCUT2D eigenvalue weighted by Crippen LogP contribution is 2.31. The maximum absolute atomic E-state index is 12.8. The summed E-state index contributed by atoms with van der Waals surface area (Å²) in [6, 6.07) is 11.0. The zero-order valence-corrected chi connectivity index (χ0v) is 20.4. The van der Waals surface area contributed by atoms with Gasteiger partial charge in [0.15, 0.2) is 10.9 Å². The standard InChI is InChI=1S/C24H24ClN5O3S/c1-29-19-6-3-14(20(31)7-8-22(32)30-10-9-16(13-30)33-2)11-18(19)26-23(29)28-24-27-17-5-4-15(25)12-21(17)34-24/h3-6,11-12,16H,7-10,13H2,1-2H3,(H,26,27,28)/t16-/m1/s1. The van der Waals surface area contributed by atoms with Crippen LogP contribution in [0.15, 0.2) is 36.4 Å². The number of halogens is 1. The van der Waals surface area contributed by atoms with Crippen LogP contribution in [0.3, 0.4) is 0 Å². The maximum Gasteiger partial charge on any atom is 0.223 e. The summed E-state index contributed by atoms with van der Waals surface area (Å²) in [6.07, 6.45) is 1.30. The van der Waals surface area contributed by atoms with Gasteiger partial charge in [0.05, 0.1) is 27.4 Å². The number of nitrogens with zero attached hydrogens (tertiary/aromatic N) is 4. The van der Waals surface area contributed by atoms with Gasteiger partial charge < -0.3 is 19.5 Å². The van der Waals surface area contributed by atoms with Crippen LogP contribution in [0.5, 0.6) is 0 Å². The van der Waals surface area contributed by atoms with E-state index in [1.165, 1.54) is 11.3 Å². The van der Waals surface area contributed by atoms with E-state index >= 15 is 0 Å². The van der Waals surface area contributed by atoms with E-state index in [4.69, 9.17) is 16.3 Å². The lowest BCUT2D eigenvalue weighted by molar-refractivity contribution is -0.130. The quantitative estimate of drug-likeness (QED) is 0.369. The van der Waals surface area contributed by atoms with Gasteiger partial charge in [0, 0.05) is 50.7 Å². The number of aryl methyl sites for hydroxylation is 1. The van der Waals surface area contributed by atoms with Crippen molar-refractivity contribution in [2.45, 2.75) is 25.4 Å². The van der Waals surface area contributed by atoms with Crippen molar-refractivity contribution in [1.82, 2.24) is 19.4 Å². The minimum Gasteiger partial charge on any atom is -0.380 e. The maximum atomic E-state index is 12.8. The number of fused-ring (bicyclic) bond motifs is 2. The van der Waals surface area contributed by atoms with Gasteiger partial charge >= 0.3 is 0 Å². The molecule has 8 nitrogen and oxygen atoms in total. The fourth-order valence-corrected chi connectivity index (χ4v) is 5.34. The zero-order chi connectivity index (χ0) is 23.8. The van der Waals surface area contributed by atoms with E-state index < -0.39 is 0 Å². The minimum atomic E-state index is -0.0686. The molecule has 1 N–H and O–H groups in total. The second-order valence-electron chi connectivity index (χ2n) is 8.36. The summed E-state index contributed by atoms with van der Waals surface area (Å²) in [6.45, 7) is 1.28. The van der Waals surface area contributed by atoms with Gasteiger partial charge in [-0.15, -0.1) is 0 Å². The molecule has 0 saturated carbocycles. The normalized spacial score (nSPS) is 16.0. The minimum absolute atomic E-state index is 0.00424. The van der Waals surface area contributed by atoms with Gasteiger partial charge in [0.2, 0.25) is 11.9 Å². The molecule has 5 rings (SSSR count). The molecular formula is C24H24ClN5O3S. The summed E-state index contributed by atoms with van der Waals surface area (Å²) in [7, 11) is 3.57. The van der Waals surface area contributed by atoms with Crippen molar-refractivity contribution >= 4 is 67.0 Å². The summed E-state index contributed by atoms with van der Waals surface area (Å²) in [4.78, 5) is 36.2. The molecule has 0 spiro atoms. The van der Waals surface area contributed by atoms with E-state index in [0.29, 0.717) is 40.3 Å². The highest BCUT2D eigenvalue weighted by Gasteiger charge is 2.26. The Bertz CT molecular complexity index is 1400. The molecule has 1 fully saturated rings. The van der Waals surface area contributed by atoms with Crippen molar-refractivity contribution in [3.8, 4) is 0 Å². The Morgan fingerprint density at radius 1 is 1.18 bits per heavy atom. The largest absolute Gasteiger partial charge is 0.380 e. The van der Waals surface area contributed by atoms with Gasteiger partial charge in [0.25, 0.3) is 0 Å². The van der Waals surface area contributed by atoms with Crippen LogP contribution in [-0.4, -0.2) is 57.4 Å². The number of likely N-dealkylation sites (tertiary alicyclic amines) is 1. The summed E-state index contributed by atoms with van der Waals surface area (Å²) in [5, 5.41) is 4.65. The number of hydrogen-bond donors (Lipinski definition) is 1. The third-order valence-corrected chi connectivity index (χ3v) is 7.34. The van der Waals surface area contributed by atoms with E-state index in [0.717, 1.165) is 22.2 Å². The summed E-state index contributed by atoms with van der Waals surface area (Å²) >= 11 is 7.58. The molecule has 4 aromatic rings. The van der Waals surface area contributed by atoms with Crippen LogP contribution in [-0.2, 0) is 16.6 Å². The molecular weight excluding hydrogens is 474 g/mol. The Kier molecular flexibility index (Phi) is 6.24. The number of hydrogen-bond acceptors (Lipinski definition) is 7. The molecule has 34 heavy (non-hydrogen) atoms. The number of carbonyl (C=O) groups is 2. The number of rotatable bonds is 7. The number of Topliss-reactive ketones (excluding diaryl/α,β-unsaturated/α-hetero) is 1. The van der Waals surface area contributed by atoms with E-state index in [-0.39, 0.29) is 30.6 Å². The number of anilines is 2. The Morgan fingerprint density at radius 2 is 2.03 bits per heavy atom. The number of aromatic nitrogens is 3. The van der Waals surface area contributed by atoms with Crippen molar-refractivity contribution in [2.75, 3.05) is 25.5 Å². The number of amides is 1. The summed E-state index contributed by atoms with van der Waals surface area (Å²) in [5.41, 5.74) is 3.01. The van der Waals surface area contributed by atoms with Crippen LogP contribution >= 0.6 is 22.9 Å². The van der Waals surface area contributed by atoms with Gasteiger partial charge in [-0.05, 0) is 42.8 Å².